The first-order chi connectivity index (χ1) is 20.7. The molecule has 0 radical (unpaired) electrons. The molecule has 14 heteroatoms. The van der Waals surface area contributed by atoms with E-state index in [9.17, 15) is 23.1 Å². The Labute approximate surface area is 261 Å². The minimum atomic E-state index is -3.87. The number of aliphatic hydroxyl groups excluding tert-OH is 1. The quantitative estimate of drug-likeness (QED) is 0.399. The Bertz CT molecular complexity index is 1370. The Hall–Kier alpha value is -3.20. The summed E-state index contributed by atoms with van der Waals surface area (Å²) in [6.45, 7) is 9.59. The van der Waals surface area contributed by atoms with Gasteiger partial charge >= 0.3 is 6.03 Å². The number of anilines is 1. The monoisotopic (exact) mass is 636 g/mol. The van der Waals surface area contributed by atoms with E-state index in [0.717, 1.165) is 12.8 Å². The second-order valence-electron chi connectivity index (χ2n) is 11.9. The predicted molar refractivity (Wildman–Crippen MR) is 167 cm³/mol. The zero-order chi connectivity index (χ0) is 32.6. The van der Waals surface area contributed by atoms with Gasteiger partial charge in [-0.3, -0.25) is 4.79 Å². The first-order valence-corrected chi connectivity index (χ1v) is 16.5. The Morgan fingerprint density at radius 2 is 1.95 bits per heavy atom. The number of nitrogens with zero attached hydrogens (tertiary/aromatic N) is 4. The van der Waals surface area contributed by atoms with E-state index in [2.05, 4.69) is 15.6 Å². The second kappa shape index (κ2) is 15.7. The van der Waals surface area contributed by atoms with Gasteiger partial charge in [0.2, 0.25) is 0 Å². The van der Waals surface area contributed by atoms with Gasteiger partial charge in [0.1, 0.15) is 5.75 Å². The van der Waals surface area contributed by atoms with E-state index >= 15 is 0 Å². The molecule has 4 atom stereocenters. The zero-order valence-electron chi connectivity index (χ0n) is 26.8. The van der Waals surface area contributed by atoms with Crippen LogP contribution in [0.15, 0.2) is 35.7 Å². The molecule has 1 aromatic heterocycles. The van der Waals surface area contributed by atoms with Crippen molar-refractivity contribution in [3.63, 3.8) is 0 Å². The van der Waals surface area contributed by atoms with Crippen molar-refractivity contribution in [2.24, 2.45) is 13.0 Å². The molecule has 13 nitrogen and oxygen atoms in total. The molecule has 1 aromatic carbocycles. The number of nitrogens with one attached hydrogen (secondary N) is 2. The van der Waals surface area contributed by atoms with Crippen molar-refractivity contribution < 1.29 is 32.6 Å². The van der Waals surface area contributed by atoms with Gasteiger partial charge in [0.15, 0.2) is 5.03 Å². The zero-order valence-corrected chi connectivity index (χ0v) is 27.6. The molecule has 0 spiro atoms. The maximum absolute atomic E-state index is 14.2. The van der Waals surface area contributed by atoms with Gasteiger partial charge in [-0.15, -0.1) is 0 Å². The number of sulfonamides is 1. The van der Waals surface area contributed by atoms with Gasteiger partial charge in [0.25, 0.3) is 15.9 Å². The molecule has 3 rings (SSSR count). The van der Waals surface area contributed by atoms with Crippen LogP contribution >= 0.6 is 0 Å². The lowest BCUT2D eigenvalue weighted by molar-refractivity contribution is -0.00835. The van der Waals surface area contributed by atoms with Crippen LogP contribution in [0.1, 0.15) is 64.2 Å². The van der Waals surface area contributed by atoms with E-state index < -0.39 is 34.1 Å². The van der Waals surface area contributed by atoms with Crippen LogP contribution in [0.3, 0.4) is 0 Å². The highest BCUT2D eigenvalue weighted by molar-refractivity contribution is 7.89. The Morgan fingerprint density at radius 1 is 1.23 bits per heavy atom. The average Bonchev–Trinajstić information content (AvgIpc) is 3.41. The van der Waals surface area contributed by atoms with Crippen molar-refractivity contribution >= 4 is 27.6 Å². The summed E-state index contributed by atoms with van der Waals surface area (Å²) in [7, 11) is -0.682. The molecule has 2 heterocycles. The lowest BCUT2D eigenvalue weighted by Gasteiger charge is -2.35. The normalized spacial score (nSPS) is 21.4. The van der Waals surface area contributed by atoms with Gasteiger partial charge in [0, 0.05) is 57.6 Å². The summed E-state index contributed by atoms with van der Waals surface area (Å²) in [6.07, 6.45) is 4.37. The molecule has 0 unspecified atom stereocenters. The first kappa shape index (κ1) is 35.3. The van der Waals surface area contributed by atoms with Crippen molar-refractivity contribution in [1.82, 2.24) is 24.1 Å². The summed E-state index contributed by atoms with van der Waals surface area (Å²) < 4.78 is 41.8. The van der Waals surface area contributed by atoms with Crippen LogP contribution in [0, 0.1) is 5.92 Å². The van der Waals surface area contributed by atoms with E-state index in [1.165, 1.54) is 23.9 Å². The summed E-state index contributed by atoms with van der Waals surface area (Å²) in [5.74, 6) is -0.330. The van der Waals surface area contributed by atoms with Crippen molar-refractivity contribution in [3.8, 4) is 5.75 Å². The van der Waals surface area contributed by atoms with E-state index in [-0.39, 0.29) is 48.3 Å². The minimum absolute atomic E-state index is 0.0464. The summed E-state index contributed by atoms with van der Waals surface area (Å²) in [5, 5.41) is 15.6. The molecule has 0 fully saturated rings. The molecule has 0 saturated carbocycles. The Kier molecular flexibility index (Phi) is 12.6. The number of aromatic nitrogens is 2. The van der Waals surface area contributed by atoms with Crippen LogP contribution in [0.2, 0.25) is 0 Å². The maximum Gasteiger partial charge on any atom is 0.319 e. The number of hydrogen-bond acceptors (Lipinski definition) is 8. The molecule has 0 bridgehead atoms. The molecule has 246 valence electrons. The first-order valence-electron chi connectivity index (χ1n) is 15.1. The molecule has 3 amide bonds. The fourth-order valence-electron chi connectivity index (χ4n) is 4.93. The number of aliphatic hydroxyl groups is 1. The third-order valence-electron chi connectivity index (χ3n) is 7.52. The van der Waals surface area contributed by atoms with Crippen LogP contribution in [-0.2, 0) is 21.8 Å². The average molecular weight is 637 g/mol. The van der Waals surface area contributed by atoms with Crippen LogP contribution in [0.5, 0.6) is 5.75 Å². The van der Waals surface area contributed by atoms with Gasteiger partial charge in [-0.2, -0.15) is 4.31 Å². The molecule has 1 aliphatic heterocycles. The van der Waals surface area contributed by atoms with Gasteiger partial charge < -0.3 is 34.7 Å². The van der Waals surface area contributed by atoms with Crippen molar-refractivity contribution in [1.29, 1.82) is 0 Å². The molecule has 44 heavy (non-hydrogen) atoms. The number of urea groups is 1. The summed E-state index contributed by atoms with van der Waals surface area (Å²) >= 11 is 0. The van der Waals surface area contributed by atoms with Crippen molar-refractivity contribution in [2.45, 2.75) is 83.2 Å². The van der Waals surface area contributed by atoms with Crippen molar-refractivity contribution in [2.75, 3.05) is 38.7 Å². The van der Waals surface area contributed by atoms with Crippen LogP contribution in [0.4, 0.5) is 10.5 Å². The highest BCUT2D eigenvalue weighted by atomic mass is 32.2. The van der Waals surface area contributed by atoms with Crippen LogP contribution < -0.4 is 15.4 Å². The van der Waals surface area contributed by atoms with Crippen LogP contribution in [0.25, 0.3) is 0 Å². The van der Waals surface area contributed by atoms with Crippen molar-refractivity contribution in [3.05, 3.63) is 36.3 Å². The highest BCUT2D eigenvalue weighted by Crippen LogP contribution is 2.29. The number of aryl methyl sites for hydroxylation is 1. The standard InChI is InChI=1S/C30H48N6O7S/c1-20(2)32-30(39)33-24-11-12-26-25(14-24)29(38)36(22(4)18-37)15-21(3)27(42-13-9-8-10-23(5)43-26)16-35(7)44(40,41)28-17-34(6)19-31-28/h11-12,14,17,19-23,27,37H,8-10,13,15-16,18H2,1-7H3,(H2,32,33,39)/t21-,22+,23-,27-/m1/s1. The number of carbonyl (C=O) groups is 2. The number of benzene rings is 1. The fraction of sp³-hybridized carbons (Fsp3) is 0.633. The van der Waals surface area contributed by atoms with Crippen LogP contribution in [-0.4, -0.2) is 102 Å². The lowest BCUT2D eigenvalue weighted by Crippen LogP contribution is -2.48. The predicted octanol–water partition coefficient (Wildman–Crippen LogP) is 3.07. The largest absolute Gasteiger partial charge is 0.490 e. The van der Waals surface area contributed by atoms with Gasteiger partial charge in [-0.1, -0.05) is 6.92 Å². The summed E-state index contributed by atoms with van der Waals surface area (Å²) in [4.78, 5) is 32.2. The van der Waals surface area contributed by atoms with Gasteiger partial charge in [-0.25, -0.2) is 18.2 Å². The molecule has 3 N–H and O–H groups in total. The molecular formula is C30H48N6O7S. The maximum atomic E-state index is 14.2. The second-order valence-corrected chi connectivity index (χ2v) is 13.9. The van der Waals surface area contributed by atoms with E-state index in [4.69, 9.17) is 9.47 Å². The smallest absolute Gasteiger partial charge is 0.319 e. The topological polar surface area (TPSA) is 155 Å². The molecule has 0 aliphatic carbocycles. The number of imidazole rings is 1. The molecule has 1 aliphatic rings. The number of likely N-dealkylation sites (N-methyl/N-ethyl adjacent to an activating group) is 1. The third kappa shape index (κ3) is 9.40. The number of rotatable bonds is 8. The molecule has 0 saturated heterocycles. The number of hydrogen-bond donors (Lipinski definition) is 3. The SMILES string of the molecule is CC(C)NC(=O)Nc1ccc2c(c1)C(=O)N([C@@H](C)CO)C[C@@H](C)[C@@H](CN(C)S(=O)(=O)c1cn(C)cn1)OCCCC[C@@H](C)O2. The summed E-state index contributed by atoms with van der Waals surface area (Å²) in [6, 6.07) is 3.90. The fourth-order valence-corrected chi connectivity index (χ4v) is 6.07. The molecular weight excluding hydrogens is 588 g/mol. The lowest BCUT2D eigenvalue weighted by atomic mass is 10.0. The van der Waals surface area contributed by atoms with E-state index in [0.29, 0.717) is 24.5 Å². The Morgan fingerprint density at radius 3 is 2.59 bits per heavy atom. The summed E-state index contributed by atoms with van der Waals surface area (Å²) in [5.41, 5.74) is 0.663. The van der Waals surface area contributed by atoms with Gasteiger partial charge in [0.05, 0.1) is 36.7 Å². The molecule has 2 aromatic rings. The Balaban J connectivity index is 1.96. The highest BCUT2D eigenvalue weighted by Gasteiger charge is 2.33. The third-order valence-corrected chi connectivity index (χ3v) is 9.23. The van der Waals surface area contributed by atoms with Gasteiger partial charge in [-0.05, 0) is 65.2 Å². The number of ether oxygens (including phenoxy) is 2. The van der Waals surface area contributed by atoms with E-state index in [1.54, 1.807) is 41.6 Å². The minimum Gasteiger partial charge on any atom is -0.490 e. The van der Waals surface area contributed by atoms with E-state index in [1.807, 2.05) is 27.7 Å². The number of amides is 3. The number of fused-ring (bicyclic) bond motifs is 1. The number of carbonyl (C=O) groups excluding carboxylic acids is 2.